The van der Waals surface area contributed by atoms with Gasteiger partial charge in [0, 0.05) is 24.7 Å². The van der Waals surface area contributed by atoms with Gasteiger partial charge in [0.05, 0.1) is 25.5 Å². The third kappa shape index (κ3) is 3.62. The zero-order chi connectivity index (χ0) is 17.8. The summed E-state index contributed by atoms with van der Waals surface area (Å²) in [6.07, 6.45) is 3.50. The Labute approximate surface area is 148 Å². The average Bonchev–Trinajstić information content (AvgIpc) is 3.00. The number of hydrogen-bond acceptors (Lipinski definition) is 4. The number of fused-ring (bicyclic) bond motifs is 1. The second-order valence-electron chi connectivity index (χ2n) is 6.41. The molecule has 2 heterocycles. The number of aromatic nitrogens is 2. The molecule has 25 heavy (non-hydrogen) atoms. The summed E-state index contributed by atoms with van der Waals surface area (Å²) in [6.45, 7) is 6.00. The predicted molar refractivity (Wildman–Crippen MR) is 95.3 cm³/mol. The molecule has 0 spiro atoms. The lowest BCUT2D eigenvalue weighted by Crippen LogP contribution is -2.35. The van der Waals surface area contributed by atoms with Crippen LogP contribution in [0.25, 0.3) is 0 Å². The normalized spacial score (nSPS) is 16.0. The molecule has 0 bridgehead atoms. The molecule has 0 aliphatic carbocycles. The van der Waals surface area contributed by atoms with Crippen molar-refractivity contribution in [2.75, 3.05) is 20.3 Å². The monoisotopic (exact) mass is 343 g/mol. The van der Waals surface area contributed by atoms with E-state index in [9.17, 15) is 4.79 Å². The lowest BCUT2D eigenvalue weighted by atomic mass is 9.96. The van der Waals surface area contributed by atoms with E-state index in [0.29, 0.717) is 18.7 Å². The number of hydrogen-bond donors (Lipinski definition) is 1. The Morgan fingerprint density at radius 2 is 2.32 bits per heavy atom. The molecule has 3 rings (SSSR count). The van der Waals surface area contributed by atoms with Crippen LogP contribution < -0.4 is 14.8 Å². The minimum absolute atomic E-state index is 0.0729. The van der Waals surface area contributed by atoms with Gasteiger partial charge in [-0.2, -0.15) is 5.10 Å². The van der Waals surface area contributed by atoms with E-state index >= 15 is 0 Å². The van der Waals surface area contributed by atoms with Gasteiger partial charge in [0.25, 0.3) is 5.91 Å². The predicted octanol–water partition coefficient (Wildman–Crippen LogP) is 2.59. The summed E-state index contributed by atoms with van der Waals surface area (Å²) in [5.41, 5.74) is 2.68. The van der Waals surface area contributed by atoms with Crippen LogP contribution in [-0.2, 0) is 13.0 Å². The van der Waals surface area contributed by atoms with Crippen molar-refractivity contribution in [1.82, 2.24) is 15.1 Å². The maximum absolute atomic E-state index is 12.4. The van der Waals surface area contributed by atoms with Crippen LogP contribution in [0.3, 0.4) is 0 Å². The Morgan fingerprint density at radius 1 is 1.48 bits per heavy atom. The summed E-state index contributed by atoms with van der Waals surface area (Å²) in [5, 5.41) is 7.31. The average molecular weight is 343 g/mol. The second kappa shape index (κ2) is 7.59. The van der Waals surface area contributed by atoms with E-state index in [0.717, 1.165) is 42.1 Å². The number of ether oxygens (including phenoxy) is 2. The first-order valence-corrected chi connectivity index (χ1v) is 8.73. The van der Waals surface area contributed by atoms with Gasteiger partial charge in [0.15, 0.2) is 11.5 Å². The highest BCUT2D eigenvalue weighted by molar-refractivity contribution is 5.95. The molecule has 1 N–H and O–H groups in total. The summed E-state index contributed by atoms with van der Waals surface area (Å²) in [6, 6.07) is 5.91. The van der Waals surface area contributed by atoms with Crippen molar-refractivity contribution in [2.45, 2.75) is 33.2 Å². The zero-order valence-electron chi connectivity index (χ0n) is 15.0. The van der Waals surface area contributed by atoms with Crippen LogP contribution in [0.2, 0.25) is 0 Å². The minimum Gasteiger partial charge on any atom is -0.493 e. The van der Waals surface area contributed by atoms with Gasteiger partial charge in [-0.1, -0.05) is 19.1 Å². The molecule has 0 saturated heterocycles. The van der Waals surface area contributed by atoms with E-state index in [1.807, 2.05) is 29.8 Å². The number of carbonyl (C=O) groups is 1. The summed E-state index contributed by atoms with van der Waals surface area (Å²) in [7, 11) is 1.65. The number of amides is 1. The third-order valence-corrected chi connectivity index (χ3v) is 4.59. The summed E-state index contributed by atoms with van der Waals surface area (Å²) >= 11 is 0. The summed E-state index contributed by atoms with van der Waals surface area (Å²) in [5.74, 6) is 1.76. The van der Waals surface area contributed by atoms with E-state index in [2.05, 4.69) is 17.3 Å². The highest BCUT2D eigenvalue weighted by atomic mass is 16.5. The smallest absolute Gasteiger partial charge is 0.254 e. The fourth-order valence-electron chi connectivity index (χ4n) is 3.19. The highest BCUT2D eigenvalue weighted by Crippen LogP contribution is 2.35. The standard InChI is InChI=1S/C19H25N3O3/c1-4-8-22-13(2)16(11-21-22)19(23)20-10-14-9-15-6-5-7-17(24-3)18(15)25-12-14/h5-7,11,14H,4,8-10,12H2,1-3H3,(H,20,23)/t14-/m0/s1. The molecule has 1 atom stereocenters. The Hall–Kier alpha value is -2.50. The molecular weight excluding hydrogens is 318 g/mol. The van der Waals surface area contributed by atoms with Gasteiger partial charge in [0.1, 0.15) is 0 Å². The molecule has 0 radical (unpaired) electrons. The minimum atomic E-state index is -0.0729. The Bertz CT molecular complexity index is 754. The van der Waals surface area contributed by atoms with Crippen molar-refractivity contribution >= 4 is 5.91 Å². The van der Waals surface area contributed by atoms with Crippen LogP contribution >= 0.6 is 0 Å². The van der Waals surface area contributed by atoms with Crippen molar-refractivity contribution in [3.63, 3.8) is 0 Å². The molecule has 1 aliphatic rings. The molecule has 0 unspecified atom stereocenters. The maximum Gasteiger partial charge on any atom is 0.254 e. The molecule has 6 nitrogen and oxygen atoms in total. The van der Waals surface area contributed by atoms with Crippen LogP contribution in [0, 0.1) is 12.8 Å². The van der Waals surface area contributed by atoms with Crippen molar-refractivity contribution < 1.29 is 14.3 Å². The molecular formula is C19H25N3O3. The number of nitrogens with one attached hydrogen (secondary N) is 1. The van der Waals surface area contributed by atoms with Gasteiger partial charge in [-0.25, -0.2) is 0 Å². The first-order chi connectivity index (χ1) is 12.1. The molecule has 134 valence electrons. The first kappa shape index (κ1) is 17.3. The van der Waals surface area contributed by atoms with Crippen LogP contribution in [-0.4, -0.2) is 35.9 Å². The lowest BCUT2D eigenvalue weighted by Gasteiger charge is -2.26. The lowest BCUT2D eigenvalue weighted by molar-refractivity contribution is 0.0937. The third-order valence-electron chi connectivity index (χ3n) is 4.59. The fourth-order valence-corrected chi connectivity index (χ4v) is 3.19. The van der Waals surface area contributed by atoms with Crippen molar-refractivity contribution in [3.05, 3.63) is 41.2 Å². The van der Waals surface area contributed by atoms with E-state index in [1.165, 1.54) is 0 Å². The van der Waals surface area contributed by atoms with Crippen LogP contribution in [0.15, 0.2) is 24.4 Å². The Morgan fingerprint density at radius 3 is 3.08 bits per heavy atom. The quantitative estimate of drug-likeness (QED) is 0.875. The SMILES string of the molecule is CCCn1ncc(C(=O)NC[C@H]2COc3c(cccc3OC)C2)c1C. The first-order valence-electron chi connectivity index (χ1n) is 8.73. The number of aryl methyl sites for hydroxylation is 1. The van der Waals surface area contributed by atoms with Gasteiger partial charge in [0.2, 0.25) is 0 Å². The molecule has 2 aromatic rings. The van der Waals surface area contributed by atoms with Gasteiger partial charge in [-0.3, -0.25) is 9.48 Å². The number of benzene rings is 1. The van der Waals surface area contributed by atoms with Crippen molar-refractivity contribution in [3.8, 4) is 11.5 Å². The molecule has 0 fully saturated rings. The van der Waals surface area contributed by atoms with Gasteiger partial charge in [-0.05, 0) is 31.4 Å². The summed E-state index contributed by atoms with van der Waals surface area (Å²) < 4.78 is 13.1. The van der Waals surface area contributed by atoms with E-state index in [1.54, 1.807) is 13.3 Å². The van der Waals surface area contributed by atoms with E-state index < -0.39 is 0 Å². The highest BCUT2D eigenvalue weighted by Gasteiger charge is 2.23. The van der Waals surface area contributed by atoms with Crippen LogP contribution in [0.1, 0.15) is 35.0 Å². The van der Waals surface area contributed by atoms with E-state index in [4.69, 9.17) is 9.47 Å². The number of nitrogens with zero attached hydrogens (tertiary/aromatic N) is 2. The van der Waals surface area contributed by atoms with Crippen LogP contribution in [0.4, 0.5) is 0 Å². The molecule has 1 aliphatic heterocycles. The van der Waals surface area contributed by atoms with Gasteiger partial charge >= 0.3 is 0 Å². The Balaban J connectivity index is 1.60. The molecule has 1 amide bonds. The van der Waals surface area contributed by atoms with Crippen molar-refractivity contribution in [2.24, 2.45) is 5.92 Å². The van der Waals surface area contributed by atoms with Crippen molar-refractivity contribution in [1.29, 1.82) is 0 Å². The summed E-state index contributed by atoms with van der Waals surface area (Å²) in [4.78, 5) is 12.4. The number of methoxy groups -OCH3 is 1. The number of carbonyl (C=O) groups excluding carboxylic acids is 1. The molecule has 1 aromatic carbocycles. The molecule has 1 aromatic heterocycles. The van der Waals surface area contributed by atoms with Gasteiger partial charge in [-0.15, -0.1) is 0 Å². The Kier molecular flexibility index (Phi) is 5.26. The molecule has 6 heteroatoms. The maximum atomic E-state index is 12.4. The zero-order valence-corrected chi connectivity index (χ0v) is 15.0. The molecule has 0 saturated carbocycles. The fraction of sp³-hybridized carbons (Fsp3) is 0.474. The largest absolute Gasteiger partial charge is 0.493 e. The van der Waals surface area contributed by atoms with Gasteiger partial charge < -0.3 is 14.8 Å². The number of para-hydroxylation sites is 1. The second-order valence-corrected chi connectivity index (χ2v) is 6.41. The number of rotatable bonds is 6. The topological polar surface area (TPSA) is 65.4 Å². The van der Waals surface area contributed by atoms with Crippen LogP contribution in [0.5, 0.6) is 11.5 Å². The van der Waals surface area contributed by atoms with E-state index in [-0.39, 0.29) is 11.8 Å².